The van der Waals surface area contributed by atoms with E-state index in [0.717, 1.165) is 16.7 Å². The predicted molar refractivity (Wildman–Crippen MR) is 106 cm³/mol. The molecule has 3 rings (SSSR count). The molecule has 2 aromatic rings. The van der Waals surface area contributed by atoms with Crippen LogP contribution in [0.4, 0.5) is 0 Å². The van der Waals surface area contributed by atoms with Crippen molar-refractivity contribution in [2.45, 2.75) is 37.7 Å². The average molecular weight is 401 g/mol. The summed E-state index contributed by atoms with van der Waals surface area (Å²) in [5, 5.41) is 3.88. The van der Waals surface area contributed by atoms with Crippen molar-refractivity contribution in [2.75, 3.05) is 6.26 Å². The van der Waals surface area contributed by atoms with E-state index < -0.39 is 9.84 Å². The van der Waals surface area contributed by atoms with E-state index in [1.54, 1.807) is 24.3 Å². The summed E-state index contributed by atoms with van der Waals surface area (Å²) in [5.74, 6) is -0.163. The molecule has 1 heterocycles. The Kier molecular flexibility index (Phi) is 5.84. The van der Waals surface area contributed by atoms with Gasteiger partial charge in [0, 0.05) is 6.26 Å². The van der Waals surface area contributed by atoms with Crippen LogP contribution < -0.4 is 0 Å². The number of oxime groups is 1. The number of ether oxygens (including phenoxy) is 1. The lowest BCUT2D eigenvalue weighted by Gasteiger charge is -2.10. The summed E-state index contributed by atoms with van der Waals surface area (Å²) in [6.07, 6.45) is 2.02. The third-order valence-electron chi connectivity index (χ3n) is 4.77. The molecule has 0 aromatic heterocycles. The number of nitrogens with zero attached hydrogens (tertiary/aromatic N) is 1. The molecule has 0 spiro atoms. The lowest BCUT2D eigenvalue weighted by atomic mass is 10.0. The van der Waals surface area contributed by atoms with E-state index in [4.69, 9.17) is 9.57 Å². The molecule has 6 nitrogen and oxygen atoms in total. The highest BCUT2D eigenvalue weighted by Gasteiger charge is 2.27. The maximum Gasteiger partial charge on any atom is 0.315 e. The molecule has 0 radical (unpaired) electrons. The zero-order valence-corrected chi connectivity index (χ0v) is 16.9. The molecule has 7 heteroatoms. The van der Waals surface area contributed by atoms with Gasteiger partial charge in [-0.25, -0.2) is 8.42 Å². The monoisotopic (exact) mass is 401 g/mol. The summed E-state index contributed by atoms with van der Waals surface area (Å²) < 4.78 is 28.4. The Morgan fingerprint density at radius 2 is 1.71 bits per heavy atom. The Morgan fingerprint density at radius 3 is 2.25 bits per heavy atom. The number of carbonyl (C=O) groups is 1. The molecule has 28 heavy (non-hydrogen) atoms. The quantitative estimate of drug-likeness (QED) is 0.704. The first-order valence-corrected chi connectivity index (χ1v) is 11.0. The molecule has 0 N–H and O–H groups in total. The molecule has 1 aliphatic heterocycles. The Bertz CT molecular complexity index is 978. The number of esters is 1. The molecule has 0 fully saturated rings. The molecule has 2 aromatic carbocycles. The first-order chi connectivity index (χ1) is 13.3. The van der Waals surface area contributed by atoms with E-state index >= 15 is 0 Å². The van der Waals surface area contributed by atoms with E-state index in [0.29, 0.717) is 23.6 Å². The second-order valence-corrected chi connectivity index (χ2v) is 8.95. The zero-order valence-electron chi connectivity index (χ0n) is 16.1. The van der Waals surface area contributed by atoms with Gasteiger partial charge in [0.15, 0.2) is 15.9 Å². The average Bonchev–Trinajstić information content (AvgIpc) is 3.15. The van der Waals surface area contributed by atoms with Gasteiger partial charge in [0.1, 0.15) is 0 Å². The maximum absolute atomic E-state index is 11.9. The molecule has 0 saturated heterocycles. The SMILES string of the molecule is CCC(C)C(=O)OC1=NOC(c2ccc(-c3ccc(S(C)(=O)=O)cc3)cc2)C1. The highest BCUT2D eigenvalue weighted by Crippen LogP contribution is 2.30. The Labute approximate surface area is 165 Å². The molecule has 2 unspecified atom stereocenters. The normalized spacial score (nSPS) is 17.5. The van der Waals surface area contributed by atoms with Crippen molar-refractivity contribution in [3.05, 3.63) is 54.1 Å². The van der Waals surface area contributed by atoms with Gasteiger partial charge in [-0.1, -0.05) is 55.4 Å². The molecule has 1 aliphatic rings. The summed E-state index contributed by atoms with van der Waals surface area (Å²) in [6, 6.07) is 14.5. The van der Waals surface area contributed by atoms with E-state index in [2.05, 4.69) is 5.16 Å². The van der Waals surface area contributed by atoms with Gasteiger partial charge in [0.25, 0.3) is 0 Å². The van der Waals surface area contributed by atoms with Crippen molar-refractivity contribution < 1.29 is 22.8 Å². The number of benzene rings is 2. The molecule has 0 aliphatic carbocycles. The summed E-state index contributed by atoms with van der Waals surface area (Å²) in [5.41, 5.74) is 2.81. The Morgan fingerprint density at radius 1 is 1.14 bits per heavy atom. The van der Waals surface area contributed by atoms with Crippen LogP contribution in [0.3, 0.4) is 0 Å². The molecule has 0 bridgehead atoms. The summed E-state index contributed by atoms with van der Waals surface area (Å²) >= 11 is 0. The number of carbonyl (C=O) groups excluding carboxylic acids is 1. The van der Waals surface area contributed by atoms with Crippen LogP contribution in [0.2, 0.25) is 0 Å². The first-order valence-electron chi connectivity index (χ1n) is 9.12. The minimum Gasteiger partial charge on any atom is -0.408 e. The lowest BCUT2D eigenvalue weighted by Crippen LogP contribution is -2.18. The smallest absolute Gasteiger partial charge is 0.315 e. The van der Waals surface area contributed by atoms with Crippen LogP contribution in [0.1, 0.15) is 38.4 Å². The van der Waals surface area contributed by atoms with Crippen molar-refractivity contribution in [3.8, 4) is 11.1 Å². The van der Waals surface area contributed by atoms with E-state index in [1.165, 1.54) is 6.26 Å². The molecule has 2 atom stereocenters. The fourth-order valence-corrected chi connectivity index (χ4v) is 3.39. The fraction of sp³-hybridized carbons (Fsp3) is 0.333. The third-order valence-corrected chi connectivity index (χ3v) is 5.90. The number of hydrogen-bond acceptors (Lipinski definition) is 6. The fourth-order valence-electron chi connectivity index (χ4n) is 2.76. The number of hydrogen-bond donors (Lipinski definition) is 0. The van der Waals surface area contributed by atoms with E-state index in [-0.39, 0.29) is 18.0 Å². The highest BCUT2D eigenvalue weighted by molar-refractivity contribution is 7.90. The van der Waals surface area contributed by atoms with Crippen molar-refractivity contribution >= 4 is 21.7 Å². The molecule has 0 saturated carbocycles. The molecular formula is C21H23NO5S. The Balaban J connectivity index is 1.65. The van der Waals surface area contributed by atoms with Gasteiger partial charge in [-0.3, -0.25) is 4.79 Å². The zero-order chi connectivity index (χ0) is 20.3. The van der Waals surface area contributed by atoms with Crippen molar-refractivity contribution in [1.29, 1.82) is 0 Å². The van der Waals surface area contributed by atoms with Crippen LogP contribution in [0, 0.1) is 5.92 Å². The van der Waals surface area contributed by atoms with Crippen molar-refractivity contribution in [3.63, 3.8) is 0 Å². The van der Waals surface area contributed by atoms with Crippen LogP contribution in [-0.4, -0.2) is 26.5 Å². The van der Waals surface area contributed by atoms with Crippen molar-refractivity contribution in [1.82, 2.24) is 0 Å². The predicted octanol–water partition coefficient (Wildman–Crippen LogP) is 4.12. The highest BCUT2D eigenvalue weighted by atomic mass is 32.2. The third kappa shape index (κ3) is 4.59. The van der Waals surface area contributed by atoms with E-state index in [1.807, 2.05) is 38.1 Å². The first kappa shape index (κ1) is 20.1. The Hall–Kier alpha value is -2.67. The maximum atomic E-state index is 11.9. The van der Waals surface area contributed by atoms with Crippen LogP contribution >= 0.6 is 0 Å². The standard InChI is InChI=1S/C21H23NO5S/c1-4-14(2)21(23)26-20-13-19(27-22-20)17-7-5-15(6-8-17)16-9-11-18(12-10-16)28(3,24)25/h5-12,14,19H,4,13H2,1-3H3. The van der Waals surface area contributed by atoms with Gasteiger partial charge in [-0.15, -0.1) is 0 Å². The minimum absolute atomic E-state index is 0.171. The van der Waals surface area contributed by atoms with Crippen LogP contribution in [0.5, 0.6) is 0 Å². The lowest BCUT2D eigenvalue weighted by molar-refractivity contribution is -0.139. The summed E-state index contributed by atoms with van der Waals surface area (Å²) in [4.78, 5) is 17.6. The molecule has 148 valence electrons. The van der Waals surface area contributed by atoms with Gasteiger partial charge < -0.3 is 9.57 Å². The molecule has 0 amide bonds. The van der Waals surface area contributed by atoms with Crippen LogP contribution in [0.15, 0.2) is 58.6 Å². The van der Waals surface area contributed by atoms with Gasteiger partial charge >= 0.3 is 5.97 Å². The second-order valence-electron chi connectivity index (χ2n) is 6.93. The van der Waals surface area contributed by atoms with Gasteiger partial charge in [-0.2, -0.15) is 0 Å². The number of sulfone groups is 1. The van der Waals surface area contributed by atoms with Gasteiger partial charge in [0.05, 0.1) is 17.2 Å². The van der Waals surface area contributed by atoms with Crippen molar-refractivity contribution in [2.24, 2.45) is 11.1 Å². The largest absolute Gasteiger partial charge is 0.408 e. The van der Waals surface area contributed by atoms with Gasteiger partial charge in [-0.05, 0) is 35.2 Å². The molecular weight excluding hydrogens is 378 g/mol. The van der Waals surface area contributed by atoms with Gasteiger partial charge in [0.2, 0.25) is 5.90 Å². The van der Waals surface area contributed by atoms with Crippen LogP contribution in [0.25, 0.3) is 11.1 Å². The van der Waals surface area contributed by atoms with Crippen LogP contribution in [-0.2, 0) is 24.2 Å². The second kappa shape index (κ2) is 8.14. The number of rotatable bonds is 5. The van der Waals surface area contributed by atoms with E-state index in [9.17, 15) is 13.2 Å². The summed E-state index contributed by atoms with van der Waals surface area (Å²) in [7, 11) is -3.21. The topological polar surface area (TPSA) is 82.0 Å². The minimum atomic E-state index is -3.21. The summed E-state index contributed by atoms with van der Waals surface area (Å²) in [6.45, 7) is 3.75.